The van der Waals surface area contributed by atoms with Crippen molar-refractivity contribution in [2.24, 2.45) is 11.8 Å². The highest BCUT2D eigenvalue weighted by Gasteiger charge is 2.33. The van der Waals surface area contributed by atoms with Gasteiger partial charge in [0.1, 0.15) is 42.0 Å². The summed E-state index contributed by atoms with van der Waals surface area (Å²) in [6.45, 7) is 11.3. The lowest BCUT2D eigenvalue weighted by Crippen LogP contribution is -2.60. The molecule has 6 unspecified atom stereocenters. The van der Waals surface area contributed by atoms with Crippen LogP contribution in [0.4, 0.5) is 0 Å². The Morgan fingerprint density at radius 2 is 0.948 bits per heavy atom. The third-order valence-electron chi connectivity index (χ3n) is 9.50. The van der Waals surface area contributed by atoms with Crippen LogP contribution in [0.3, 0.4) is 0 Å². The smallest absolute Gasteiger partial charge is 0.326 e. The highest BCUT2D eigenvalue weighted by molar-refractivity contribution is 5.96. The molecule has 0 aliphatic heterocycles. The number of carbonyl (C=O) groups is 7. The van der Waals surface area contributed by atoms with E-state index in [1.54, 1.807) is 36.4 Å². The molecule has 0 radical (unpaired) electrons. The Balaban J connectivity index is 2.43. The minimum absolute atomic E-state index is 0.000124. The number of hydrogen-bond acceptors (Lipinski definition) is 8. The van der Waals surface area contributed by atoms with Gasteiger partial charge in [-0.25, -0.2) is 4.79 Å². The number of carbonyl (C=O) groups excluding carboxylic acids is 6. The molecular formula is C43H64N6O9. The number of unbranched alkanes of at least 4 members (excludes halogenated alkanes) is 2. The van der Waals surface area contributed by atoms with Crippen molar-refractivity contribution in [2.45, 2.75) is 142 Å². The Hall–Kier alpha value is -5.47. The maximum atomic E-state index is 14.2. The number of rotatable bonds is 27. The van der Waals surface area contributed by atoms with Crippen LogP contribution in [0.15, 0.2) is 54.6 Å². The fraction of sp³-hybridized carbons (Fsp3) is 0.558. The van der Waals surface area contributed by atoms with E-state index < -0.39 is 71.8 Å². The minimum Gasteiger partial charge on any atom is -0.508 e. The molecule has 58 heavy (non-hydrogen) atoms. The van der Waals surface area contributed by atoms with Crippen molar-refractivity contribution in [3.8, 4) is 5.75 Å². The van der Waals surface area contributed by atoms with Gasteiger partial charge in [0.05, 0.1) is 0 Å². The van der Waals surface area contributed by atoms with Crippen LogP contribution in [-0.2, 0) is 46.4 Å². The molecule has 320 valence electrons. The average molecular weight is 809 g/mol. The van der Waals surface area contributed by atoms with Crippen LogP contribution in [-0.4, -0.2) is 88.4 Å². The van der Waals surface area contributed by atoms with Crippen molar-refractivity contribution in [1.82, 2.24) is 31.9 Å². The van der Waals surface area contributed by atoms with Crippen LogP contribution in [0.25, 0.3) is 0 Å². The second-order valence-electron chi connectivity index (χ2n) is 15.6. The zero-order chi connectivity index (χ0) is 43.2. The summed E-state index contributed by atoms with van der Waals surface area (Å²) in [6, 6.07) is 8.32. The van der Waals surface area contributed by atoms with Gasteiger partial charge < -0.3 is 42.1 Å². The highest BCUT2D eigenvalue weighted by Crippen LogP contribution is 2.14. The van der Waals surface area contributed by atoms with Crippen LogP contribution in [0.1, 0.15) is 104 Å². The van der Waals surface area contributed by atoms with E-state index in [1.807, 2.05) is 47.6 Å². The van der Waals surface area contributed by atoms with Crippen LogP contribution < -0.4 is 31.9 Å². The molecule has 0 saturated carbocycles. The van der Waals surface area contributed by atoms with Gasteiger partial charge in [-0.15, -0.1) is 0 Å². The van der Waals surface area contributed by atoms with Crippen molar-refractivity contribution in [1.29, 1.82) is 0 Å². The molecule has 0 fully saturated rings. The summed E-state index contributed by atoms with van der Waals surface area (Å²) in [5, 5.41) is 35.8. The molecule has 6 atom stereocenters. The second kappa shape index (κ2) is 25.7. The largest absolute Gasteiger partial charge is 0.508 e. The molecule has 2 rings (SSSR count). The molecule has 8 N–H and O–H groups in total. The minimum atomic E-state index is -1.25. The average Bonchev–Trinajstić information content (AvgIpc) is 3.17. The van der Waals surface area contributed by atoms with Gasteiger partial charge in [0, 0.05) is 12.8 Å². The number of benzene rings is 2. The first-order valence-electron chi connectivity index (χ1n) is 20.3. The number of phenolic OH excluding ortho intramolecular Hbond substituents is 1. The molecule has 0 aromatic heterocycles. The van der Waals surface area contributed by atoms with Crippen molar-refractivity contribution in [3.05, 3.63) is 65.7 Å². The van der Waals surface area contributed by atoms with E-state index in [-0.39, 0.29) is 49.7 Å². The highest BCUT2D eigenvalue weighted by atomic mass is 16.4. The maximum Gasteiger partial charge on any atom is 0.326 e. The van der Waals surface area contributed by atoms with Gasteiger partial charge in [-0.2, -0.15) is 0 Å². The summed E-state index contributed by atoms with van der Waals surface area (Å²) in [6.07, 6.45) is 4.08. The molecule has 2 aromatic carbocycles. The molecule has 0 spiro atoms. The van der Waals surface area contributed by atoms with Crippen LogP contribution in [0, 0.1) is 11.8 Å². The first kappa shape index (κ1) is 48.7. The summed E-state index contributed by atoms with van der Waals surface area (Å²) < 4.78 is 0. The zero-order valence-electron chi connectivity index (χ0n) is 34.7. The van der Waals surface area contributed by atoms with Crippen molar-refractivity contribution < 1.29 is 43.8 Å². The molecule has 0 aliphatic rings. The Morgan fingerprint density at radius 1 is 0.552 bits per heavy atom. The number of amides is 6. The summed E-state index contributed by atoms with van der Waals surface area (Å²) in [5.41, 5.74) is 1.30. The Morgan fingerprint density at radius 3 is 1.43 bits per heavy atom. The summed E-state index contributed by atoms with van der Waals surface area (Å²) in [7, 11) is 0. The lowest BCUT2D eigenvalue weighted by atomic mass is 9.99. The molecule has 0 bridgehead atoms. The van der Waals surface area contributed by atoms with E-state index >= 15 is 0 Å². The van der Waals surface area contributed by atoms with Gasteiger partial charge >= 0.3 is 5.97 Å². The van der Waals surface area contributed by atoms with Crippen LogP contribution >= 0.6 is 0 Å². The van der Waals surface area contributed by atoms with E-state index in [0.29, 0.717) is 37.7 Å². The number of hydrogen-bond donors (Lipinski definition) is 8. The first-order chi connectivity index (χ1) is 27.6. The predicted molar refractivity (Wildman–Crippen MR) is 220 cm³/mol. The lowest BCUT2D eigenvalue weighted by Gasteiger charge is -2.28. The number of phenols is 1. The molecule has 15 nitrogen and oxygen atoms in total. The molecular weight excluding hydrogens is 745 g/mol. The third-order valence-corrected chi connectivity index (χ3v) is 9.50. The summed E-state index contributed by atoms with van der Waals surface area (Å²) >= 11 is 0. The Kier molecular flexibility index (Phi) is 21.6. The van der Waals surface area contributed by atoms with E-state index in [4.69, 9.17) is 0 Å². The van der Waals surface area contributed by atoms with Gasteiger partial charge in [0.15, 0.2) is 0 Å². The van der Waals surface area contributed by atoms with E-state index in [1.165, 1.54) is 12.1 Å². The van der Waals surface area contributed by atoms with Gasteiger partial charge in [-0.05, 0) is 60.8 Å². The number of carboxylic acid groups (broad SMARTS) is 1. The van der Waals surface area contributed by atoms with E-state index in [2.05, 4.69) is 31.9 Å². The van der Waals surface area contributed by atoms with Crippen LogP contribution in [0.5, 0.6) is 5.75 Å². The molecule has 2 aromatic rings. The number of aromatic hydroxyl groups is 1. The second-order valence-corrected chi connectivity index (χ2v) is 15.6. The zero-order valence-corrected chi connectivity index (χ0v) is 34.7. The van der Waals surface area contributed by atoms with E-state index in [0.717, 1.165) is 12.0 Å². The predicted octanol–water partition coefficient (Wildman–Crippen LogP) is 3.27. The van der Waals surface area contributed by atoms with Crippen molar-refractivity contribution >= 4 is 41.9 Å². The van der Waals surface area contributed by atoms with Crippen LogP contribution in [0.2, 0.25) is 0 Å². The molecule has 15 heteroatoms. The Labute approximate surface area is 342 Å². The molecule has 6 amide bonds. The normalized spacial score (nSPS) is 14.2. The maximum absolute atomic E-state index is 14.2. The number of nitrogens with one attached hydrogen (secondary N) is 6. The topological polar surface area (TPSA) is 232 Å². The van der Waals surface area contributed by atoms with Gasteiger partial charge in [0.2, 0.25) is 35.9 Å². The van der Waals surface area contributed by atoms with Crippen molar-refractivity contribution in [2.75, 3.05) is 0 Å². The molecule has 0 heterocycles. The molecule has 0 saturated heterocycles. The van der Waals surface area contributed by atoms with Crippen molar-refractivity contribution in [3.63, 3.8) is 0 Å². The number of carboxylic acids is 1. The lowest BCUT2D eigenvalue weighted by molar-refractivity contribution is -0.142. The quantitative estimate of drug-likeness (QED) is 0.0619. The fourth-order valence-electron chi connectivity index (χ4n) is 6.35. The summed E-state index contributed by atoms with van der Waals surface area (Å²) in [4.78, 5) is 92.4. The Bertz CT molecular complexity index is 1620. The SMILES string of the molecule is CCCCC(NC=O)C(=O)NC(CC(C)C)C(=O)NC(Cc1ccccc1)C(=O)NC(CCCC)C(=O)NC(Cc1ccc(O)cc1)C(=O)NC(CC(C)C)C(=O)O. The standard InChI is InChI=1S/C43H64N6O9/c1-7-9-16-32(44-26-50)38(52)46-34(22-27(3)4)40(54)48-35(24-29-14-12-11-13-15-29)41(55)45-33(17-10-8-2)39(53)47-36(25-30-18-20-31(51)21-19-30)42(56)49-37(43(57)58)23-28(5)6/h11-15,18-21,26-28,32-37,51H,7-10,16-17,22-25H2,1-6H3,(H,44,50)(H,45,55)(H,46,52)(H,47,53)(H,48,54)(H,49,56)(H,57,58). The molecule has 0 aliphatic carbocycles. The number of aliphatic carboxylic acids is 1. The van der Waals surface area contributed by atoms with Gasteiger partial charge in [-0.1, -0.05) is 110 Å². The first-order valence-corrected chi connectivity index (χ1v) is 20.3. The van der Waals surface area contributed by atoms with Gasteiger partial charge in [-0.3, -0.25) is 28.8 Å². The van der Waals surface area contributed by atoms with E-state index in [9.17, 15) is 43.8 Å². The fourth-order valence-corrected chi connectivity index (χ4v) is 6.35. The summed E-state index contributed by atoms with van der Waals surface area (Å²) in [5.74, 6) is -4.54. The monoisotopic (exact) mass is 808 g/mol. The van der Waals surface area contributed by atoms with Gasteiger partial charge in [0.25, 0.3) is 0 Å². The third kappa shape index (κ3) is 17.8.